The highest BCUT2D eigenvalue weighted by atomic mass is 19.2. The molecule has 0 aliphatic carbocycles. The van der Waals surface area contributed by atoms with Crippen LogP contribution in [-0.2, 0) is 0 Å². The molecule has 0 heterocycles. The molecule has 3 nitrogen and oxygen atoms in total. The number of nitrogens with two attached hydrogens (primary N) is 1. The Morgan fingerprint density at radius 2 is 1.76 bits per heavy atom. The van der Waals surface area contributed by atoms with Gasteiger partial charge in [-0.2, -0.15) is 0 Å². The average molecular weight is 292 g/mol. The minimum absolute atomic E-state index is 0.242. The first-order chi connectivity index (χ1) is 10.1. The lowest BCUT2D eigenvalue weighted by Crippen LogP contribution is -2.30. The molecule has 0 saturated carbocycles. The Morgan fingerprint density at radius 3 is 2.29 bits per heavy atom. The van der Waals surface area contributed by atoms with Crippen molar-refractivity contribution in [1.82, 2.24) is 0 Å². The summed E-state index contributed by atoms with van der Waals surface area (Å²) < 4.78 is 31.5. The Kier molecular flexibility index (Phi) is 4.75. The molecule has 21 heavy (non-hydrogen) atoms. The van der Waals surface area contributed by atoms with Gasteiger partial charge in [0, 0.05) is 19.3 Å². The lowest BCUT2D eigenvalue weighted by molar-refractivity contribution is 0.415. The number of anilines is 1. The van der Waals surface area contributed by atoms with Gasteiger partial charge in [-0.05, 0) is 42.0 Å². The van der Waals surface area contributed by atoms with Crippen LogP contribution >= 0.6 is 0 Å². The maximum absolute atomic E-state index is 13.4. The number of likely N-dealkylation sites (N-methyl/N-ethyl adjacent to an activating group) is 1. The molecule has 1 atom stereocenters. The van der Waals surface area contributed by atoms with Crippen LogP contribution in [0.2, 0.25) is 0 Å². The van der Waals surface area contributed by atoms with E-state index in [1.165, 1.54) is 6.07 Å². The minimum atomic E-state index is -0.867. The molecule has 0 radical (unpaired) electrons. The predicted molar refractivity (Wildman–Crippen MR) is 79.6 cm³/mol. The molecule has 2 aromatic rings. The van der Waals surface area contributed by atoms with Gasteiger partial charge in [-0.1, -0.05) is 6.07 Å². The van der Waals surface area contributed by atoms with Crippen LogP contribution in [0, 0.1) is 11.6 Å². The van der Waals surface area contributed by atoms with Gasteiger partial charge in [-0.25, -0.2) is 8.78 Å². The van der Waals surface area contributed by atoms with E-state index in [1.807, 2.05) is 36.2 Å². The van der Waals surface area contributed by atoms with Gasteiger partial charge in [0.2, 0.25) is 0 Å². The predicted octanol–water partition coefficient (Wildman–Crippen LogP) is 3.11. The summed E-state index contributed by atoms with van der Waals surface area (Å²) in [6.45, 7) is 0.285. The molecule has 2 aromatic carbocycles. The van der Waals surface area contributed by atoms with E-state index in [4.69, 9.17) is 10.5 Å². The van der Waals surface area contributed by atoms with Gasteiger partial charge in [-0.15, -0.1) is 0 Å². The normalized spacial score (nSPS) is 12.0. The second-order valence-corrected chi connectivity index (χ2v) is 4.73. The van der Waals surface area contributed by atoms with Crippen LogP contribution in [0.1, 0.15) is 11.6 Å². The van der Waals surface area contributed by atoms with Crippen LogP contribution in [0.15, 0.2) is 42.5 Å². The molecule has 2 N–H and O–H groups in total. The second kappa shape index (κ2) is 6.54. The van der Waals surface area contributed by atoms with E-state index in [9.17, 15) is 8.78 Å². The fourth-order valence-corrected chi connectivity index (χ4v) is 2.23. The zero-order valence-electron chi connectivity index (χ0n) is 12.0. The van der Waals surface area contributed by atoms with Crippen LogP contribution in [0.4, 0.5) is 14.5 Å². The van der Waals surface area contributed by atoms with Crippen LogP contribution in [-0.4, -0.2) is 20.7 Å². The van der Waals surface area contributed by atoms with Crippen LogP contribution in [0.3, 0.4) is 0 Å². The van der Waals surface area contributed by atoms with Gasteiger partial charge in [0.1, 0.15) is 5.75 Å². The van der Waals surface area contributed by atoms with Crippen molar-refractivity contribution < 1.29 is 13.5 Å². The summed E-state index contributed by atoms with van der Waals surface area (Å²) in [7, 11) is 3.46. The van der Waals surface area contributed by atoms with Crippen LogP contribution < -0.4 is 15.4 Å². The summed E-state index contributed by atoms with van der Waals surface area (Å²) in [5.74, 6) is -0.972. The molecule has 0 aliphatic heterocycles. The van der Waals surface area contributed by atoms with Crippen molar-refractivity contribution in [3.63, 3.8) is 0 Å². The third-order valence-corrected chi connectivity index (χ3v) is 3.50. The third-order valence-electron chi connectivity index (χ3n) is 3.50. The maximum Gasteiger partial charge on any atom is 0.159 e. The first-order valence-electron chi connectivity index (χ1n) is 6.58. The Morgan fingerprint density at radius 1 is 1.10 bits per heavy atom. The maximum atomic E-state index is 13.4. The Bertz CT molecular complexity index is 602. The number of rotatable bonds is 5. The summed E-state index contributed by atoms with van der Waals surface area (Å²) in [4.78, 5) is 1.92. The standard InChI is InChI=1S/C16H18F2N2O/c1-20(12-4-6-13(21-2)7-5-12)16(10-19)11-3-8-14(17)15(18)9-11/h3-9,16H,10,19H2,1-2H3. The summed E-state index contributed by atoms with van der Waals surface area (Å²) in [5, 5.41) is 0. The van der Waals surface area contributed by atoms with Crippen molar-refractivity contribution in [2.45, 2.75) is 6.04 Å². The SMILES string of the molecule is COc1ccc(N(C)C(CN)c2ccc(F)c(F)c2)cc1. The Hall–Kier alpha value is -2.14. The molecule has 0 fully saturated rings. The number of benzene rings is 2. The molecule has 5 heteroatoms. The van der Waals surface area contributed by atoms with Crippen molar-refractivity contribution >= 4 is 5.69 Å². The van der Waals surface area contributed by atoms with E-state index in [1.54, 1.807) is 13.2 Å². The lowest BCUT2D eigenvalue weighted by atomic mass is 10.0. The number of hydrogen-bond acceptors (Lipinski definition) is 3. The van der Waals surface area contributed by atoms with Crippen molar-refractivity contribution in [3.8, 4) is 5.75 Å². The third kappa shape index (κ3) is 3.31. The van der Waals surface area contributed by atoms with E-state index >= 15 is 0 Å². The molecule has 0 saturated heterocycles. The van der Waals surface area contributed by atoms with Gasteiger partial charge >= 0.3 is 0 Å². The van der Waals surface area contributed by atoms with Gasteiger partial charge in [-0.3, -0.25) is 0 Å². The number of halogens is 2. The summed E-state index contributed by atoms with van der Waals surface area (Å²) in [5.41, 5.74) is 7.35. The van der Waals surface area contributed by atoms with Crippen LogP contribution in [0.5, 0.6) is 5.75 Å². The topological polar surface area (TPSA) is 38.5 Å². The molecule has 1 unspecified atom stereocenters. The number of methoxy groups -OCH3 is 1. The molecule has 0 bridgehead atoms. The van der Waals surface area contributed by atoms with Crippen molar-refractivity contribution in [1.29, 1.82) is 0 Å². The quantitative estimate of drug-likeness (QED) is 0.920. The van der Waals surface area contributed by atoms with Gasteiger partial charge in [0.15, 0.2) is 11.6 Å². The highest BCUT2D eigenvalue weighted by molar-refractivity contribution is 5.50. The largest absolute Gasteiger partial charge is 0.497 e. The van der Waals surface area contributed by atoms with Crippen LogP contribution in [0.25, 0.3) is 0 Å². The Labute approximate surface area is 122 Å². The fraction of sp³-hybridized carbons (Fsp3) is 0.250. The molecule has 0 spiro atoms. The number of nitrogens with zero attached hydrogens (tertiary/aromatic N) is 1. The molecule has 0 amide bonds. The zero-order valence-corrected chi connectivity index (χ0v) is 12.0. The molecule has 0 aromatic heterocycles. The van der Waals surface area contributed by atoms with E-state index in [-0.39, 0.29) is 12.6 Å². The summed E-state index contributed by atoms with van der Waals surface area (Å²) in [6.07, 6.45) is 0. The molecule has 0 aliphatic rings. The van der Waals surface area contributed by atoms with E-state index in [2.05, 4.69) is 0 Å². The lowest BCUT2D eigenvalue weighted by Gasteiger charge is -2.29. The summed E-state index contributed by atoms with van der Waals surface area (Å²) >= 11 is 0. The fourth-order valence-electron chi connectivity index (χ4n) is 2.23. The second-order valence-electron chi connectivity index (χ2n) is 4.73. The zero-order chi connectivity index (χ0) is 15.4. The van der Waals surface area contributed by atoms with Crippen molar-refractivity contribution in [3.05, 3.63) is 59.7 Å². The molecular formula is C16H18F2N2O. The molecular weight excluding hydrogens is 274 g/mol. The van der Waals surface area contributed by atoms with Gasteiger partial charge in [0.25, 0.3) is 0 Å². The highest BCUT2D eigenvalue weighted by Crippen LogP contribution is 2.27. The number of hydrogen-bond donors (Lipinski definition) is 1. The average Bonchev–Trinajstić information content (AvgIpc) is 2.51. The van der Waals surface area contributed by atoms with Gasteiger partial charge < -0.3 is 15.4 Å². The van der Waals surface area contributed by atoms with E-state index in [0.717, 1.165) is 17.5 Å². The minimum Gasteiger partial charge on any atom is -0.497 e. The Balaban J connectivity index is 2.28. The molecule has 2 rings (SSSR count). The first kappa shape index (κ1) is 15.3. The highest BCUT2D eigenvalue weighted by Gasteiger charge is 2.17. The molecule has 112 valence electrons. The van der Waals surface area contributed by atoms with Crippen molar-refractivity contribution in [2.75, 3.05) is 25.6 Å². The van der Waals surface area contributed by atoms with Crippen molar-refractivity contribution in [2.24, 2.45) is 5.73 Å². The van der Waals surface area contributed by atoms with Gasteiger partial charge in [0.05, 0.1) is 13.2 Å². The summed E-state index contributed by atoms with van der Waals surface area (Å²) in [6, 6.07) is 11.1. The monoisotopic (exact) mass is 292 g/mol. The smallest absolute Gasteiger partial charge is 0.159 e. The van der Waals surface area contributed by atoms with E-state index < -0.39 is 11.6 Å². The first-order valence-corrected chi connectivity index (χ1v) is 6.58. The van der Waals surface area contributed by atoms with E-state index in [0.29, 0.717) is 5.56 Å². The number of ether oxygens (including phenoxy) is 1.